The smallest absolute Gasteiger partial charge is 0.407 e. The lowest BCUT2D eigenvalue weighted by atomic mass is 9.98. The Hall–Kier alpha value is -3.60. The SMILES string of the molecule is CC(C)(C)OC(=O)NCCCCn1ncc2c1[C@@H](C(=O)O)N1C[C@@H]2N(OCc2ccccc2)C1=O. The Morgan fingerprint density at radius 1 is 1.20 bits per heavy atom. The molecule has 1 aromatic carbocycles. The second-order valence-electron chi connectivity index (χ2n) is 9.62. The average Bonchev–Trinajstić information content (AvgIpc) is 3.32. The van der Waals surface area contributed by atoms with E-state index >= 15 is 0 Å². The first-order chi connectivity index (χ1) is 16.7. The third kappa shape index (κ3) is 5.40. The van der Waals surface area contributed by atoms with E-state index in [1.807, 2.05) is 30.3 Å². The molecule has 0 spiro atoms. The molecular weight excluding hydrogens is 454 g/mol. The highest BCUT2D eigenvalue weighted by Gasteiger charge is 2.53. The van der Waals surface area contributed by atoms with Crippen LogP contribution in [0.15, 0.2) is 36.5 Å². The molecule has 1 saturated heterocycles. The van der Waals surface area contributed by atoms with Gasteiger partial charge >= 0.3 is 18.1 Å². The van der Waals surface area contributed by atoms with Crippen molar-refractivity contribution in [3.63, 3.8) is 0 Å². The minimum atomic E-state index is -1.14. The molecule has 1 fully saturated rings. The number of aryl methyl sites for hydroxylation is 1. The monoisotopic (exact) mass is 485 g/mol. The summed E-state index contributed by atoms with van der Waals surface area (Å²) in [5.74, 6) is -1.11. The van der Waals surface area contributed by atoms with Gasteiger partial charge in [0.1, 0.15) is 18.2 Å². The molecule has 2 aromatic rings. The van der Waals surface area contributed by atoms with Crippen LogP contribution >= 0.6 is 0 Å². The van der Waals surface area contributed by atoms with Crippen LogP contribution in [0.1, 0.15) is 62.5 Å². The van der Waals surface area contributed by atoms with E-state index in [4.69, 9.17) is 9.57 Å². The fourth-order valence-electron chi connectivity index (χ4n) is 4.33. The number of carboxylic acid groups (broad SMARTS) is 1. The first-order valence-corrected chi connectivity index (χ1v) is 11.7. The normalized spacial score (nSPS) is 19.0. The predicted octanol–water partition coefficient (Wildman–Crippen LogP) is 3.24. The lowest BCUT2D eigenvalue weighted by Gasteiger charge is -2.28. The van der Waals surface area contributed by atoms with Gasteiger partial charge in [-0.1, -0.05) is 30.3 Å². The number of urea groups is 1. The van der Waals surface area contributed by atoms with Crippen LogP contribution in [0.2, 0.25) is 0 Å². The molecule has 4 rings (SSSR count). The molecule has 2 atom stereocenters. The highest BCUT2D eigenvalue weighted by Crippen LogP contribution is 2.44. The number of nitrogens with zero attached hydrogens (tertiary/aromatic N) is 4. The lowest BCUT2D eigenvalue weighted by molar-refractivity contribution is -0.143. The zero-order valence-electron chi connectivity index (χ0n) is 20.1. The number of benzene rings is 1. The van der Waals surface area contributed by atoms with Crippen LogP contribution in [0.3, 0.4) is 0 Å². The highest BCUT2D eigenvalue weighted by atomic mass is 16.7. The van der Waals surface area contributed by atoms with E-state index in [-0.39, 0.29) is 13.2 Å². The number of hydroxylamine groups is 2. The van der Waals surface area contributed by atoms with Crippen LogP contribution < -0.4 is 5.32 Å². The van der Waals surface area contributed by atoms with Crippen molar-refractivity contribution in [2.75, 3.05) is 13.1 Å². The van der Waals surface area contributed by atoms with Crippen LogP contribution in [0.25, 0.3) is 0 Å². The minimum absolute atomic E-state index is 0.197. The molecule has 2 bridgehead atoms. The second kappa shape index (κ2) is 9.95. The van der Waals surface area contributed by atoms with E-state index in [2.05, 4.69) is 10.4 Å². The van der Waals surface area contributed by atoms with Gasteiger partial charge in [-0.3, -0.25) is 9.52 Å². The van der Waals surface area contributed by atoms with Crippen LogP contribution in [-0.2, 0) is 27.5 Å². The first kappa shape index (κ1) is 24.5. The van der Waals surface area contributed by atoms with E-state index in [1.165, 1.54) is 9.96 Å². The minimum Gasteiger partial charge on any atom is -0.479 e. The topological polar surface area (TPSA) is 126 Å². The summed E-state index contributed by atoms with van der Waals surface area (Å²) in [5.41, 5.74) is 1.52. The number of carboxylic acids is 1. The molecule has 0 aliphatic carbocycles. The van der Waals surface area contributed by atoms with Gasteiger partial charge in [0.25, 0.3) is 0 Å². The molecule has 188 valence electrons. The maximum atomic E-state index is 13.0. The summed E-state index contributed by atoms with van der Waals surface area (Å²) in [6, 6.07) is 7.43. The fraction of sp³-hybridized carbons (Fsp3) is 0.500. The molecule has 2 N–H and O–H groups in total. The van der Waals surface area contributed by atoms with Crippen molar-refractivity contribution in [1.29, 1.82) is 0 Å². The number of aromatic nitrogens is 2. The highest BCUT2D eigenvalue weighted by molar-refractivity contribution is 5.86. The number of rotatable bonds is 9. The summed E-state index contributed by atoms with van der Waals surface area (Å²) in [7, 11) is 0. The third-order valence-corrected chi connectivity index (χ3v) is 5.84. The molecule has 0 radical (unpaired) electrons. The van der Waals surface area contributed by atoms with Crippen molar-refractivity contribution in [1.82, 2.24) is 25.1 Å². The van der Waals surface area contributed by atoms with Gasteiger partial charge in [-0.15, -0.1) is 0 Å². The zero-order chi connectivity index (χ0) is 25.2. The van der Waals surface area contributed by atoms with Gasteiger partial charge in [-0.25, -0.2) is 14.4 Å². The first-order valence-electron chi connectivity index (χ1n) is 11.7. The van der Waals surface area contributed by atoms with Gasteiger partial charge in [-0.2, -0.15) is 10.2 Å². The number of carbonyl (C=O) groups excluding carboxylic acids is 2. The van der Waals surface area contributed by atoms with Crippen LogP contribution in [0.4, 0.5) is 9.59 Å². The molecule has 0 unspecified atom stereocenters. The molecule has 3 amide bonds. The molecule has 1 aromatic heterocycles. The van der Waals surface area contributed by atoms with Crippen LogP contribution in [0, 0.1) is 0 Å². The molecule has 35 heavy (non-hydrogen) atoms. The summed E-state index contributed by atoms with van der Waals surface area (Å²) >= 11 is 0. The Kier molecular flexibility index (Phi) is 6.97. The number of amides is 3. The number of hydrogen-bond donors (Lipinski definition) is 2. The molecule has 0 saturated carbocycles. The quantitative estimate of drug-likeness (QED) is 0.522. The number of unbranched alkanes of at least 4 members (excludes halogenated alkanes) is 1. The Morgan fingerprint density at radius 3 is 2.63 bits per heavy atom. The largest absolute Gasteiger partial charge is 0.479 e. The molecule has 11 nitrogen and oxygen atoms in total. The van der Waals surface area contributed by atoms with Gasteiger partial charge in [0, 0.05) is 18.7 Å². The Balaban J connectivity index is 1.41. The summed E-state index contributed by atoms with van der Waals surface area (Å²) in [4.78, 5) is 44.2. The summed E-state index contributed by atoms with van der Waals surface area (Å²) in [6.45, 7) is 6.70. The van der Waals surface area contributed by atoms with Gasteiger partial charge in [0.05, 0.1) is 18.4 Å². The predicted molar refractivity (Wildman–Crippen MR) is 124 cm³/mol. The van der Waals surface area contributed by atoms with E-state index < -0.39 is 35.8 Å². The van der Waals surface area contributed by atoms with Crippen LogP contribution in [-0.4, -0.2) is 61.6 Å². The van der Waals surface area contributed by atoms with Crippen molar-refractivity contribution in [2.45, 2.75) is 64.4 Å². The molecule has 2 aliphatic rings. The number of nitrogens with one attached hydrogen (secondary N) is 1. The Labute approximate surface area is 203 Å². The molecule has 11 heteroatoms. The lowest BCUT2D eigenvalue weighted by Crippen LogP contribution is -2.39. The van der Waals surface area contributed by atoms with E-state index in [9.17, 15) is 19.5 Å². The van der Waals surface area contributed by atoms with Crippen molar-refractivity contribution in [2.24, 2.45) is 0 Å². The average molecular weight is 486 g/mol. The summed E-state index contributed by atoms with van der Waals surface area (Å²) < 4.78 is 6.86. The summed E-state index contributed by atoms with van der Waals surface area (Å²) in [5, 5.41) is 18.4. The molecular formula is C24H31N5O6. The molecule has 2 aliphatic heterocycles. The van der Waals surface area contributed by atoms with Crippen molar-refractivity contribution in [3.8, 4) is 0 Å². The summed E-state index contributed by atoms with van der Waals surface area (Å²) in [6.07, 6.45) is 2.47. The van der Waals surface area contributed by atoms with Crippen molar-refractivity contribution in [3.05, 3.63) is 53.3 Å². The number of hydrogen-bond acceptors (Lipinski definition) is 6. The second-order valence-corrected chi connectivity index (χ2v) is 9.62. The molecule has 3 heterocycles. The maximum Gasteiger partial charge on any atom is 0.407 e. The number of fused-ring (bicyclic) bond motifs is 4. The Morgan fingerprint density at radius 2 is 1.94 bits per heavy atom. The van der Waals surface area contributed by atoms with E-state index in [1.54, 1.807) is 31.6 Å². The van der Waals surface area contributed by atoms with Gasteiger partial charge in [0.2, 0.25) is 0 Å². The van der Waals surface area contributed by atoms with Crippen LogP contribution in [0.5, 0.6) is 0 Å². The number of aliphatic carboxylic acids is 1. The maximum absolute atomic E-state index is 13.0. The number of alkyl carbamates (subject to hydrolysis) is 1. The fourth-order valence-corrected chi connectivity index (χ4v) is 4.33. The number of carbonyl (C=O) groups is 3. The van der Waals surface area contributed by atoms with Crippen molar-refractivity contribution >= 4 is 18.1 Å². The number of ether oxygens (including phenoxy) is 1. The third-order valence-electron chi connectivity index (χ3n) is 5.84. The van der Waals surface area contributed by atoms with Gasteiger partial charge in [-0.05, 0) is 39.2 Å². The van der Waals surface area contributed by atoms with Gasteiger partial charge in [0.15, 0.2) is 6.04 Å². The van der Waals surface area contributed by atoms with Gasteiger partial charge < -0.3 is 20.1 Å². The zero-order valence-corrected chi connectivity index (χ0v) is 20.1. The van der Waals surface area contributed by atoms with E-state index in [0.29, 0.717) is 37.2 Å². The van der Waals surface area contributed by atoms with E-state index in [0.717, 1.165) is 5.56 Å². The van der Waals surface area contributed by atoms with Crippen molar-refractivity contribution < 1.29 is 29.1 Å². The standard InChI is InChI=1S/C24H31N5O6/c1-24(2,3)35-22(32)25-11-7-8-12-28-19-17(13-26-28)18-14-27(20(19)21(30)31)23(33)29(18)34-15-16-9-5-4-6-10-16/h4-6,9-10,13,18,20H,7-8,11-12,14-15H2,1-3H3,(H,25,32)(H,30,31)/t18-,20-/m0/s1. The Bertz CT molecular complexity index is 1080.